The number of hydrogen-bond acceptors (Lipinski definition) is 5. The second-order valence-electron chi connectivity index (χ2n) is 7.30. The molecule has 3 rings (SSSR count). The van der Waals surface area contributed by atoms with Gasteiger partial charge in [-0.15, -0.1) is 0 Å². The minimum absolute atomic E-state index is 0.00684. The second kappa shape index (κ2) is 7.11. The molecule has 2 aliphatic rings. The Hall–Kier alpha value is -1.74. The maximum Gasteiger partial charge on any atom is 0.254 e. The van der Waals surface area contributed by atoms with E-state index in [1.54, 1.807) is 0 Å². The highest BCUT2D eigenvalue weighted by Gasteiger charge is 2.32. The van der Waals surface area contributed by atoms with Gasteiger partial charge in [-0.1, -0.05) is 13.8 Å². The molecule has 1 fully saturated rings. The maximum atomic E-state index is 12.4. The van der Waals surface area contributed by atoms with Crippen molar-refractivity contribution in [2.24, 2.45) is 5.92 Å². The van der Waals surface area contributed by atoms with Crippen LogP contribution in [0, 0.1) is 5.92 Å². The molecule has 0 aliphatic carbocycles. The lowest BCUT2D eigenvalue weighted by atomic mass is 10.1. The van der Waals surface area contributed by atoms with Gasteiger partial charge >= 0.3 is 0 Å². The first-order chi connectivity index (χ1) is 12.2. The fourth-order valence-corrected chi connectivity index (χ4v) is 4.36. The van der Waals surface area contributed by atoms with Crippen molar-refractivity contribution in [3.8, 4) is 0 Å². The number of nitrogens with zero attached hydrogens (tertiary/aromatic N) is 3. The Kier molecular flexibility index (Phi) is 5.21. The molecule has 2 atom stereocenters. The van der Waals surface area contributed by atoms with E-state index in [-0.39, 0.29) is 29.8 Å². The van der Waals surface area contributed by atoms with Crippen LogP contribution in [0.2, 0.25) is 0 Å². The molecule has 26 heavy (non-hydrogen) atoms. The number of carbonyl (C=O) groups is 1. The van der Waals surface area contributed by atoms with Crippen molar-refractivity contribution >= 4 is 15.9 Å². The monoisotopic (exact) mass is 382 g/mol. The van der Waals surface area contributed by atoms with Crippen LogP contribution in [-0.2, 0) is 27.8 Å². The van der Waals surface area contributed by atoms with Crippen LogP contribution in [0.25, 0.3) is 0 Å². The van der Waals surface area contributed by atoms with Crippen molar-refractivity contribution in [3.05, 3.63) is 27.4 Å². The number of fused-ring (bicyclic) bond motifs is 1. The van der Waals surface area contributed by atoms with E-state index in [2.05, 4.69) is 9.97 Å². The van der Waals surface area contributed by atoms with E-state index < -0.39 is 10.0 Å². The fraction of sp³-hybridized carbons (Fsp3) is 0.706. The Labute approximate surface area is 153 Å². The molecule has 0 bridgehead atoms. The number of hydrogen-bond donors (Lipinski definition) is 1. The zero-order chi connectivity index (χ0) is 19.1. The summed E-state index contributed by atoms with van der Waals surface area (Å²) in [4.78, 5) is 34.1. The van der Waals surface area contributed by atoms with Crippen LogP contribution in [-0.4, -0.2) is 59.4 Å². The summed E-state index contributed by atoms with van der Waals surface area (Å²) in [6.07, 6.45) is 3.09. The third-order valence-corrected chi connectivity index (χ3v) is 6.70. The van der Waals surface area contributed by atoms with Crippen LogP contribution in [0.1, 0.15) is 49.7 Å². The summed E-state index contributed by atoms with van der Waals surface area (Å²) in [6, 6.07) is 0. The van der Waals surface area contributed by atoms with Crippen LogP contribution >= 0.6 is 0 Å². The van der Waals surface area contributed by atoms with E-state index in [4.69, 9.17) is 0 Å². The summed E-state index contributed by atoms with van der Waals surface area (Å²) in [5.41, 5.74) is 0.913. The number of aromatic nitrogens is 2. The predicted molar refractivity (Wildman–Crippen MR) is 97.2 cm³/mol. The summed E-state index contributed by atoms with van der Waals surface area (Å²) in [6.45, 7) is 5.55. The summed E-state index contributed by atoms with van der Waals surface area (Å²) in [5.74, 6) is 0.671. The van der Waals surface area contributed by atoms with Gasteiger partial charge in [-0.3, -0.25) is 9.59 Å². The van der Waals surface area contributed by atoms with E-state index in [0.717, 1.165) is 12.8 Å². The number of H-pyrrole nitrogens is 1. The Morgan fingerprint density at radius 1 is 1.38 bits per heavy atom. The molecule has 0 unspecified atom stereocenters. The van der Waals surface area contributed by atoms with Crippen LogP contribution in [0.15, 0.2) is 4.79 Å². The van der Waals surface area contributed by atoms with Crippen molar-refractivity contribution in [1.29, 1.82) is 0 Å². The number of carbonyl (C=O) groups excluding carboxylic acids is 1. The first kappa shape index (κ1) is 19.0. The summed E-state index contributed by atoms with van der Waals surface area (Å²) >= 11 is 0. The van der Waals surface area contributed by atoms with E-state index >= 15 is 0 Å². The number of rotatable bonds is 4. The molecule has 1 aromatic heterocycles. The fourth-order valence-electron chi connectivity index (χ4n) is 3.58. The van der Waals surface area contributed by atoms with Gasteiger partial charge in [-0.05, 0) is 19.3 Å². The molecule has 8 nitrogen and oxygen atoms in total. The van der Waals surface area contributed by atoms with Crippen molar-refractivity contribution in [2.75, 3.05) is 25.9 Å². The SMILES string of the molecule is CC[C@H](C)C(=O)N1CC[C@@H](c2nc3c(c(=O)[nH]2)CCN(S(C)(=O)=O)C3)C1. The van der Waals surface area contributed by atoms with Gasteiger partial charge in [0.1, 0.15) is 5.82 Å². The number of aromatic amines is 1. The number of sulfonamides is 1. The summed E-state index contributed by atoms with van der Waals surface area (Å²) in [5, 5.41) is 0. The second-order valence-corrected chi connectivity index (χ2v) is 9.28. The van der Waals surface area contributed by atoms with Crippen LogP contribution in [0.3, 0.4) is 0 Å². The Bertz CT molecular complexity index is 864. The predicted octanol–water partition coefficient (Wildman–Crippen LogP) is 0.450. The molecule has 1 N–H and O–H groups in total. The molecule has 0 aromatic carbocycles. The molecule has 144 valence electrons. The zero-order valence-electron chi connectivity index (χ0n) is 15.5. The third kappa shape index (κ3) is 3.68. The molecule has 2 aliphatic heterocycles. The molecule has 0 spiro atoms. The third-order valence-electron chi connectivity index (χ3n) is 5.45. The van der Waals surface area contributed by atoms with Gasteiger partial charge in [0, 0.05) is 37.0 Å². The van der Waals surface area contributed by atoms with Gasteiger partial charge in [0.05, 0.1) is 18.5 Å². The van der Waals surface area contributed by atoms with E-state index in [1.807, 2.05) is 18.7 Å². The van der Waals surface area contributed by atoms with Gasteiger partial charge in [0.25, 0.3) is 5.56 Å². The van der Waals surface area contributed by atoms with Gasteiger partial charge < -0.3 is 9.88 Å². The van der Waals surface area contributed by atoms with E-state index in [0.29, 0.717) is 43.1 Å². The van der Waals surface area contributed by atoms with Crippen molar-refractivity contribution in [2.45, 2.75) is 45.6 Å². The smallest absolute Gasteiger partial charge is 0.254 e. The highest BCUT2D eigenvalue weighted by molar-refractivity contribution is 7.88. The molecular formula is C17H26N4O4S. The van der Waals surface area contributed by atoms with Gasteiger partial charge in [-0.25, -0.2) is 13.4 Å². The van der Waals surface area contributed by atoms with Gasteiger partial charge in [0.2, 0.25) is 15.9 Å². The minimum Gasteiger partial charge on any atom is -0.342 e. The zero-order valence-corrected chi connectivity index (χ0v) is 16.3. The lowest BCUT2D eigenvalue weighted by Gasteiger charge is -2.26. The maximum absolute atomic E-state index is 12.4. The van der Waals surface area contributed by atoms with Crippen molar-refractivity contribution < 1.29 is 13.2 Å². The molecule has 0 radical (unpaired) electrons. The molecule has 3 heterocycles. The van der Waals surface area contributed by atoms with E-state index in [1.165, 1.54) is 10.6 Å². The Morgan fingerprint density at radius 3 is 2.77 bits per heavy atom. The quantitative estimate of drug-likeness (QED) is 0.814. The number of amides is 1. The van der Waals surface area contributed by atoms with E-state index in [9.17, 15) is 18.0 Å². The number of likely N-dealkylation sites (tertiary alicyclic amines) is 1. The Morgan fingerprint density at radius 2 is 2.12 bits per heavy atom. The highest BCUT2D eigenvalue weighted by Crippen LogP contribution is 2.27. The van der Waals surface area contributed by atoms with Gasteiger partial charge in [0.15, 0.2) is 0 Å². The highest BCUT2D eigenvalue weighted by atomic mass is 32.2. The largest absolute Gasteiger partial charge is 0.342 e. The molecule has 1 saturated heterocycles. The minimum atomic E-state index is -3.32. The lowest BCUT2D eigenvalue weighted by molar-refractivity contribution is -0.134. The summed E-state index contributed by atoms with van der Waals surface area (Å²) in [7, 11) is -3.32. The number of nitrogens with one attached hydrogen (secondary N) is 1. The Balaban J connectivity index is 1.82. The molecule has 1 amide bonds. The summed E-state index contributed by atoms with van der Waals surface area (Å²) < 4.78 is 24.9. The topological polar surface area (TPSA) is 103 Å². The van der Waals surface area contributed by atoms with Crippen LogP contribution < -0.4 is 5.56 Å². The first-order valence-electron chi connectivity index (χ1n) is 9.06. The van der Waals surface area contributed by atoms with Crippen molar-refractivity contribution in [1.82, 2.24) is 19.2 Å². The standard InChI is InChI=1S/C17H26N4O4S/c1-4-11(2)17(23)20-7-5-12(9-20)15-18-14-10-21(26(3,24)25)8-6-13(14)16(22)19-15/h11-12H,4-10H2,1-3H3,(H,18,19,22)/t11-,12+/m0/s1. The average molecular weight is 382 g/mol. The molecule has 0 saturated carbocycles. The van der Waals surface area contributed by atoms with Crippen molar-refractivity contribution in [3.63, 3.8) is 0 Å². The molecule has 9 heteroatoms. The first-order valence-corrected chi connectivity index (χ1v) is 10.9. The lowest BCUT2D eigenvalue weighted by Crippen LogP contribution is -2.39. The molecule has 1 aromatic rings. The normalized spacial score (nSPS) is 22.3. The van der Waals surface area contributed by atoms with Gasteiger partial charge in [-0.2, -0.15) is 4.31 Å². The van der Waals surface area contributed by atoms with Crippen LogP contribution in [0.4, 0.5) is 0 Å². The average Bonchev–Trinajstić information content (AvgIpc) is 3.09. The molecular weight excluding hydrogens is 356 g/mol. The van der Waals surface area contributed by atoms with Crippen LogP contribution in [0.5, 0.6) is 0 Å².